The van der Waals surface area contributed by atoms with Gasteiger partial charge < -0.3 is 14.3 Å². The molecule has 0 radical (unpaired) electrons. The van der Waals surface area contributed by atoms with Gasteiger partial charge in [-0.15, -0.1) is 0 Å². The van der Waals surface area contributed by atoms with Crippen LogP contribution in [0.3, 0.4) is 0 Å². The van der Waals surface area contributed by atoms with Crippen LogP contribution in [0.1, 0.15) is 64.7 Å². The number of unbranched alkanes of at least 4 members (excludes halogenated alkanes) is 4. The van der Waals surface area contributed by atoms with Gasteiger partial charge in [-0.1, -0.05) is 42.9 Å². The number of carbonyl (C=O) groups is 2. The van der Waals surface area contributed by atoms with Gasteiger partial charge in [-0.2, -0.15) is 0 Å². The topological polar surface area (TPSA) is 63.6 Å². The highest BCUT2D eigenvalue weighted by atomic mass is 16.5. The van der Waals surface area contributed by atoms with Gasteiger partial charge in [0.2, 0.25) is 0 Å². The van der Waals surface area contributed by atoms with Crippen LogP contribution in [0.15, 0.2) is 36.5 Å². The van der Waals surface area contributed by atoms with E-state index in [2.05, 4.69) is 36.5 Å². The molecule has 28 heavy (non-hydrogen) atoms. The molecule has 0 heterocycles. The maximum Gasteiger partial charge on any atom is 0.307 e. The molecule has 0 bridgehead atoms. The van der Waals surface area contributed by atoms with Gasteiger partial charge in [0.15, 0.2) is 6.10 Å². The van der Waals surface area contributed by atoms with Crippen LogP contribution in [0.25, 0.3) is 0 Å². The van der Waals surface area contributed by atoms with Crippen molar-refractivity contribution in [3.05, 3.63) is 36.5 Å². The summed E-state index contributed by atoms with van der Waals surface area (Å²) in [4.78, 5) is 22.9. The van der Waals surface area contributed by atoms with Crippen molar-refractivity contribution in [1.82, 2.24) is 0 Å². The van der Waals surface area contributed by atoms with Crippen molar-refractivity contribution in [1.29, 1.82) is 0 Å². The Morgan fingerprint density at radius 2 is 1.57 bits per heavy atom. The Kier molecular flexibility index (Phi) is 15.0. The average Bonchev–Trinajstić information content (AvgIpc) is 2.56. The fraction of sp³-hybridized carbons (Fsp3) is 0.652. The molecule has 0 amide bonds. The number of quaternary nitrogens is 1. The lowest BCUT2D eigenvalue weighted by atomic mass is 10.1. The summed E-state index contributed by atoms with van der Waals surface area (Å²) in [7, 11) is 5.86. The third-order valence-electron chi connectivity index (χ3n) is 4.04. The number of carboxylic acids is 1. The zero-order chi connectivity index (χ0) is 21.3. The lowest BCUT2D eigenvalue weighted by Gasteiger charge is -2.28. The number of allylic oxidation sites excluding steroid dienone is 6. The quantitative estimate of drug-likeness (QED) is 0.175. The van der Waals surface area contributed by atoms with Crippen LogP contribution < -0.4 is 0 Å². The highest BCUT2D eigenvalue weighted by molar-refractivity contribution is 5.71. The van der Waals surface area contributed by atoms with Gasteiger partial charge in [-0.25, -0.2) is 0 Å². The third kappa shape index (κ3) is 18.9. The Hall–Kier alpha value is -1.88. The Morgan fingerprint density at radius 1 is 0.929 bits per heavy atom. The van der Waals surface area contributed by atoms with E-state index >= 15 is 0 Å². The first-order valence-corrected chi connectivity index (χ1v) is 10.4. The Balaban J connectivity index is 3.83. The normalized spacial score (nSPS) is 13.6. The second kappa shape index (κ2) is 16.1. The van der Waals surface area contributed by atoms with Gasteiger partial charge in [-0.3, -0.25) is 9.59 Å². The van der Waals surface area contributed by atoms with E-state index in [1.807, 2.05) is 28.1 Å². The van der Waals surface area contributed by atoms with E-state index in [0.29, 0.717) is 17.4 Å². The summed E-state index contributed by atoms with van der Waals surface area (Å²) in [5.74, 6) is -1.23. The summed E-state index contributed by atoms with van der Waals surface area (Å²) >= 11 is 0. The molecule has 0 saturated carbocycles. The van der Waals surface area contributed by atoms with Gasteiger partial charge in [-0.05, 0) is 45.4 Å². The maximum atomic E-state index is 12.0. The molecule has 0 rings (SSSR count). The summed E-state index contributed by atoms with van der Waals surface area (Å²) < 4.78 is 5.94. The smallest absolute Gasteiger partial charge is 0.307 e. The molecule has 0 aliphatic rings. The molecule has 0 aromatic heterocycles. The van der Waals surface area contributed by atoms with Gasteiger partial charge in [0.25, 0.3) is 0 Å². The second-order valence-corrected chi connectivity index (χ2v) is 8.11. The third-order valence-corrected chi connectivity index (χ3v) is 4.04. The van der Waals surface area contributed by atoms with Crippen LogP contribution in [0.5, 0.6) is 0 Å². The second-order valence-electron chi connectivity index (χ2n) is 8.11. The number of nitrogens with zero attached hydrogens (tertiary/aromatic N) is 1. The van der Waals surface area contributed by atoms with Crippen molar-refractivity contribution in [2.75, 3.05) is 27.7 Å². The summed E-state index contributed by atoms with van der Waals surface area (Å²) in [6.07, 6.45) is 19.7. The fourth-order valence-electron chi connectivity index (χ4n) is 2.76. The van der Waals surface area contributed by atoms with Crippen molar-refractivity contribution in [3.8, 4) is 0 Å². The lowest BCUT2D eigenvalue weighted by molar-refractivity contribution is -0.873. The summed E-state index contributed by atoms with van der Waals surface area (Å²) in [6, 6.07) is 0. The van der Waals surface area contributed by atoms with Gasteiger partial charge in [0.05, 0.1) is 27.6 Å². The highest BCUT2D eigenvalue weighted by Crippen LogP contribution is 2.10. The van der Waals surface area contributed by atoms with Gasteiger partial charge >= 0.3 is 11.9 Å². The zero-order valence-corrected chi connectivity index (χ0v) is 18.2. The minimum absolute atomic E-state index is 0.142. The van der Waals surface area contributed by atoms with E-state index in [1.165, 1.54) is 0 Å². The van der Waals surface area contributed by atoms with Crippen LogP contribution in [0.2, 0.25) is 0 Å². The molecular weight excluding hydrogens is 354 g/mol. The molecule has 0 aromatic carbocycles. The summed E-state index contributed by atoms with van der Waals surface area (Å²) in [6.45, 7) is 2.52. The van der Waals surface area contributed by atoms with Crippen LogP contribution in [-0.2, 0) is 14.3 Å². The first kappa shape index (κ1) is 26.1. The lowest BCUT2D eigenvalue weighted by Crippen LogP contribution is -2.43. The molecule has 1 atom stereocenters. The molecule has 5 nitrogen and oxygen atoms in total. The first-order valence-electron chi connectivity index (χ1n) is 10.4. The van der Waals surface area contributed by atoms with Gasteiger partial charge in [0, 0.05) is 6.42 Å². The Labute approximate surface area is 171 Å². The largest absolute Gasteiger partial charge is 0.481 e. The molecule has 0 saturated heterocycles. The number of carboxylic acid groups (broad SMARTS) is 1. The molecule has 0 aliphatic heterocycles. The summed E-state index contributed by atoms with van der Waals surface area (Å²) in [5, 5.41) is 8.98. The Bertz CT molecular complexity index is 515. The zero-order valence-electron chi connectivity index (χ0n) is 18.2. The summed E-state index contributed by atoms with van der Waals surface area (Å²) in [5.41, 5.74) is 0. The fourth-order valence-corrected chi connectivity index (χ4v) is 2.76. The number of esters is 1. The number of rotatable bonds is 16. The van der Waals surface area contributed by atoms with Crippen LogP contribution >= 0.6 is 0 Å². The van der Waals surface area contributed by atoms with Crippen molar-refractivity contribution < 1.29 is 23.9 Å². The molecule has 160 valence electrons. The first-order chi connectivity index (χ1) is 13.2. The molecule has 0 aliphatic carbocycles. The SMILES string of the molecule is C/C=C/C/C=C/CC/C=C/CCCCCC(=O)OC(CC(=O)O)C[N+](C)(C)C. The molecule has 5 heteroatoms. The number of hydrogen-bond donors (Lipinski definition) is 1. The predicted octanol–water partition coefficient (Wildman–Crippen LogP) is 4.89. The van der Waals surface area contributed by atoms with Gasteiger partial charge in [0.1, 0.15) is 6.54 Å². The van der Waals surface area contributed by atoms with Crippen molar-refractivity contribution >= 4 is 11.9 Å². The van der Waals surface area contributed by atoms with E-state index in [9.17, 15) is 9.59 Å². The van der Waals surface area contributed by atoms with Crippen molar-refractivity contribution in [2.24, 2.45) is 0 Å². The van der Waals surface area contributed by atoms with E-state index in [-0.39, 0.29) is 12.4 Å². The average molecular weight is 395 g/mol. The molecule has 0 aromatic rings. The van der Waals surface area contributed by atoms with Crippen molar-refractivity contribution in [3.63, 3.8) is 0 Å². The predicted molar refractivity (Wildman–Crippen MR) is 115 cm³/mol. The molecule has 1 N–H and O–H groups in total. The van der Waals surface area contributed by atoms with E-state index in [0.717, 1.165) is 44.9 Å². The van der Waals surface area contributed by atoms with E-state index in [4.69, 9.17) is 9.84 Å². The van der Waals surface area contributed by atoms with Crippen molar-refractivity contribution in [2.45, 2.75) is 70.8 Å². The minimum atomic E-state index is -0.939. The monoisotopic (exact) mass is 394 g/mol. The number of ether oxygens (including phenoxy) is 1. The van der Waals surface area contributed by atoms with Crippen LogP contribution in [0.4, 0.5) is 0 Å². The standard InChI is InChI=1S/C23H39NO4/c1-5-6-7-8-9-10-11-12-13-14-15-16-17-18-23(27)28-21(19-22(25)26)20-24(2,3)4/h5-6,8-9,12-13,21H,7,10-11,14-20H2,1-4H3/p+1/b6-5+,9-8+,13-12+. The minimum Gasteiger partial charge on any atom is -0.481 e. The number of carbonyl (C=O) groups excluding carboxylic acids is 1. The number of likely N-dealkylation sites (N-methyl/N-ethyl adjacent to an activating group) is 1. The molecule has 1 unspecified atom stereocenters. The maximum absolute atomic E-state index is 12.0. The molecule has 0 spiro atoms. The molecule has 0 fully saturated rings. The number of aliphatic carboxylic acids is 1. The highest BCUT2D eigenvalue weighted by Gasteiger charge is 2.24. The molecular formula is C23H40NO4+. The van der Waals surface area contributed by atoms with Crippen LogP contribution in [0, 0.1) is 0 Å². The van der Waals surface area contributed by atoms with E-state index in [1.54, 1.807) is 0 Å². The van der Waals surface area contributed by atoms with E-state index < -0.39 is 12.1 Å². The van der Waals surface area contributed by atoms with Crippen LogP contribution in [-0.4, -0.2) is 55.3 Å². The number of hydrogen-bond acceptors (Lipinski definition) is 3. The Morgan fingerprint density at radius 3 is 2.18 bits per heavy atom.